The number of rotatable bonds is 6. The summed E-state index contributed by atoms with van der Waals surface area (Å²) < 4.78 is 33.0. The second kappa shape index (κ2) is 15.0. The number of ether oxygens (including phenoxy) is 1. The summed E-state index contributed by atoms with van der Waals surface area (Å²) in [5, 5.41) is 16.3. The van der Waals surface area contributed by atoms with Gasteiger partial charge >= 0.3 is 12.2 Å². The second-order valence-corrected chi connectivity index (χ2v) is 19.7. The Morgan fingerprint density at radius 2 is 1.78 bits per heavy atom. The van der Waals surface area contributed by atoms with Crippen LogP contribution in [0.25, 0.3) is 0 Å². The minimum atomic E-state index is -4.05. The molecule has 7 atom stereocenters. The van der Waals surface area contributed by atoms with Gasteiger partial charge in [-0.2, -0.15) is 0 Å². The number of nitrogens with one attached hydrogen (secondary N) is 3. The van der Waals surface area contributed by atoms with E-state index < -0.39 is 85.8 Å². The normalized spacial score (nSPS) is 29.8. The van der Waals surface area contributed by atoms with Gasteiger partial charge in [0, 0.05) is 12.5 Å². The number of carboxylic acid groups (broad SMARTS) is 1. The van der Waals surface area contributed by atoms with Gasteiger partial charge < -0.3 is 25.4 Å². The molecule has 5 amide bonds. The molecule has 2 saturated carbocycles. The molecule has 1 aromatic rings. The van der Waals surface area contributed by atoms with E-state index in [1.807, 2.05) is 32.9 Å². The molecule has 1 saturated heterocycles. The van der Waals surface area contributed by atoms with Gasteiger partial charge in [-0.1, -0.05) is 43.7 Å². The molecule has 0 bridgehead atoms. The van der Waals surface area contributed by atoms with Crippen molar-refractivity contribution < 1.29 is 42.2 Å². The molecule has 54 heavy (non-hydrogen) atoms. The lowest BCUT2D eigenvalue weighted by molar-refractivity contribution is -0.142. The molecule has 16 heteroatoms. The number of alkyl carbamates (subject to hydrolysis) is 1. The number of anilines is 1. The number of fused-ring (bicyclic) bond motifs is 2. The Morgan fingerprint density at radius 3 is 2.37 bits per heavy atom. The highest BCUT2D eigenvalue weighted by Crippen LogP contribution is 2.48. The monoisotopic (exact) mass is 791 g/mol. The molecule has 14 nitrogen and oxygen atoms in total. The van der Waals surface area contributed by atoms with Crippen LogP contribution in [0.1, 0.15) is 97.6 Å². The lowest BCUT2D eigenvalue weighted by atomic mass is 9.88. The van der Waals surface area contributed by atoms with Crippen molar-refractivity contribution in [1.29, 1.82) is 0 Å². The number of carbonyl (C=O) groups excluding carboxylic acids is 4. The summed E-state index contributed by atoms with van der Waals surface area (Å²) in [4.78, 5) is 71.8. The summed E-state index contributed by atoms with van der Waals surface area (Å²) in [7, 11) is -4.05. The lowest BCUT2D eigenvalue weighted by Crippen LogP contribution is -2.59. The number of carbonyl (C=O) groups is 5. The van der Waals surface area contributed by atoms with E-state index in [0.717, 1.165) is 16.9 Å². The van der Waals surface area contributed by atoms with E-state index in [1.165, 1.54) is 4.90 Å². The topological polar surface area (TPSA) is 192 Å². The van der Waals surface area contributed by atoms with E-state index in [9.17, 15) is 37.5 Å². The average molecular weight is 792 g/mol. The summed E-state index contributed by atoms with van der Waals surface area (Å²) in [5.74, 6) is -3.09. The molecule has 0 aromatic heterocycles. The molecule has 2 heterocycles. The Balaban J connectivity index is 1.57. The quantitative estimate of drug-likeness (QED) is 0.281. The third-order valence-electron chi connectivity index (χ3n) is 11.1. The van der Waals surface area contributed by atoms with Gasteiger partial charge in [-0.15, -0.1) is 0 Å². The number of hydrogen-bond acceptors (Lipinski definition) is 8. The molecular formula is C38H54ClN5O9S. The first kappa shape index (κ1) is 41.3. The predicted octanol–water partition coefficient (Wildman–Crippen LogP) is 5.19. The van der Waals surface area contributed by atoms with Crippen LogP contribution in [0, 0.1) is 31.6 Å². The number of allylic oxidation sites excluding steroid dienone is 1. The number of benzene rings is 1. The third-order valence-corrected chi connectivity index (χ3v) is 13.6. The van der Waals surface area contributed by atoms with Crippen molar-refractivity contribution in [2.45, 2.75) is 134 Å². The van der Waals surface area contributed by atoms with Crippen molar-refractivity contribution >= 4 is 57.2 Å². The number of halogens is 1. The highest BCUT2D eigenvalue weighted by Gasteiger charge is 2.63. The Morgan fingerprint density at radius 1 is 1.11 bits per heavy atom. The second-order valence-electron chi connectivity index (χ2n) is 17.1. The maximum atomic E-state index is 14.8. The van der Waals surface area contributed by atoms with Crippen LogP contribution in [0.4, 0.5) is 15.3 Å². The van der Waals surface area contributed by atoms with Crippen LogP contribution in [0.5, 0.6) is 0 Å². The van der Waals surface area contributed by atoms with Gasteiger partial charge in [0.15, 0.2) is 0 Å². The van der Waals surface area contributed by atoms with Crippen LogP contribution >= 0.6 is 11.6 Å². The van der Waals surface area contributed by atoms with Crippen molar-refractivity contribution in [2.24, 2.45) is 17.8 Å². The number of hydrogen-bond donors (Lipinski definition) is 4. The van der Waals surface area contributed by atoms with Gasteiger partial charge in [-0.05, 0) is 116 Å². The summed E-state index contributed by atoms with van der Waals surface area (Å²) in [6.45, 7) is 13.8. The van der Waals surface area contributed by atoms with Crippen molar-refractivity contribution in [3.63, 3.8) is 0 Å². The molecule has 0 spiro atoms. The molecule has 2 aliphatic carbocycles. The smallest absolute Gasteiger partial charge is 0.412 e. The van der Waals surface area contributed by atoms with E-state index >= 15 is 0 Å². The maximum Gasteiger partial charge on any atom is 0.412 e. The van der Waals surface area contributed by atoms with Gasteiger partial charge in [0.1, 0.15) is 23.2 Å². The maximum absolute atomic E-state index is 14.8. The standard InChI is InChI=1S/C38H54ClN5O9S/c1-21-11-9-10-12-25-19-38(25,33(47)42-54(51,52)37(8)13-14-37)41-31(45)28-18-26(44(35(49)50)30-24(4)16-22(2)17-27(30)39)20-43(28)32(46)29(23(3)15-21)40-34(48)53-36(5,6)7/h10,12,16-17,21,23,25-26,28-29H,9,11,13-15,18-20H2,1-8H3,(H,40,48)(H,41,45)(H,42,47)(H,49,50)/t21-,23+,25+,26+,28-,29-,38+/m0/s1. The fraction of sp³-hybridized carbons (Fsp3) is 0.658. The first-order chi connectivity index (χ1) is 25.0. The molecule has 0 radical (unpaired) electrons. The molecule has 1 aromatic carbocycles. The van der Waals surface area contributed by atoms with Gasteiger partial charge in [0.25, 0.3) is 5.91 Å². The zero-order valence-corrected chi connectivity index (χ0v) is 33.9. The van der Waals surface area contributed by atoms with Crippen LogP contribution in [0.15, 0.2) is 24.3 Å². The Kier molecular flexibility index (Phi) is 11.5. The third kappa shape index (κ3) is 8.66. The summed E-state index contributed by atoms with van der Waals surface area (Å²) in [6.07, 6.45) is 4.20. The van der Waals surface area contributed by atoms with E-state index in [1.54, 1.807) is 46.8 Å². The van der Waals surface area contributed by atoms with Crippen LogP contribution in [-0.4, -0.2) is 88.9 Å². The van der Waals surface area contributed by atoms with Gasteiger partial charge in [-0.3, -0.25) is 24.0 Å². The van der Waals surface area contributed by atoms with Gasteiger partial charge in [0.05, 0.1) is 21.5 Å². The predicted molar refractivity (Wildman–Crippen MR) is 203 cm³/mol. The first-order valence-electron chi connectivity index (χ1n) is 18.6. The van der Waals surface area contributed by atoms with Crippen molar-refractivity contribution in [1.82, 2.24) is 20.3 Å². The molecule has 0 unspecified atom stereocenters. The highest BCUT2D eigenvalue weighted by molar-refractivity contribution is 7.91. The van der Waals surface area contributed by atoms with Crippen LogP contribution in [-0.2, 0) is 29.1 Å². The molecule has 4 aliphatic rings. The van der Waals surface area contributed by atoms with E-state index in [2.05, 4.69) is 15.4 Å². The SMILES string of the molecule is Cc1cc(C)c(N(C(=O)O)[C@@H]2C[C@H]3C(=O)N[C@]4(C(=O)NS(=O)(=O)C5(C)CC5)C[C@H]4C=CCC[C@H](C)C[C@@H](C)[C@H](NC(=O)OC(C)(C)C)C(=O)N3C2)c(Cl)c1. The number of nitrogens with zero attached hydrogens (tertiary/aromatic N) is 2. The van der Waals surface area contributed by atoms with E-state index in [0.29, 0.717) is 31.2 Å². The molecule has 3 fully saturated rings. The molecule has 5 rings (SSSR count). The van der Waals surface area contributed by atoms with Crippen LogP contribution < -0.4 is 20.3 Å². The zero-order chi connectivity index (χ0) is 40.1. The molecule has 2 aliphatic heterocycles. The summed E-state index contributed by atoms with van der Waals surface area (Å²) >= 11 is 6.64. The Labute approximate surface area is 322 Å². The fourth-order valence-corrected chi connectivity index (χ4v) is 9.52. The summed E-state index contributed by atoms with van der Waals surface area (Å²) in [6, 6.07) is -0.0124. The number of sulfonamides is 1. The number of amides is 5. The van der Waals surface area contributed by atoms with Crippen molar-refractivity contribution in [3.8, 4) is 0 Å². The largest absolute Gasteiger partial charge is 0.465 e. The first-order valence-corrected chi connectivity index (χ1v) is 20.5. The van der Waals surface area contributed by atoms with Gasteiger partial charge in [0.2, 0.25) is 21.8 Å². The Hall–Kier alpha value is -3.85. The molecule has 298 valence electrons. The highest BCUT2D eigenvalue weighted by atomic mass is 35.5. The number of aryl methyl sites for hydroxylation is 2. The van der Waals surface area contributed by atoms with Crippen molar-refractivity contribution in [2.75, 3.05) is 11.4 Å². The summed E-state index contributed by atoms with van der Waals surface area (Å²) in [5.41, 5.74) is -0.889. The fourth-order valence-electron chi connectivity index (χ4n) is 7.80. The van der Waals surface area contributed by atoms with Gasteiger partial charge in [-0.25, -0.2) is 18.0 Å². The molecular weight excluding hydrogens is 738 g/mol. The Bertz CT molecular complexity index is 1820. The van der Waals surface area contributed by atoms with Crippen LogP contribution in [0.3, 0.4) is 0 Å². The zero-order valence-electron chi connectivity index (χ0n) is 32.3. The van der Waals surface area contributed by atoms with Crippen LogP contribution in [0.2, 0.25) is 5.02 Å². The minimum absolute atomic E-state index is 0.0956. The van der Waals surface area contributed by atoms with E-state index in [4.69, 9.17) is 16.3 Å². The average Bonchev–Trinajstić information content (AvgIpc) is 3.91. The minimum Gasteiger partial charge on any atom is -0.465 e. The van der Waals surface area contributed by atoms with E-state index in [-0.39, 0.29) is 36.0 Å². The molecule has 4 N–H and O–H groups in total. The lowest BCUT2D eigenvalue weighted by Gasteiger charge is -2.33. The van der Waals surface area contributed by atoms with Crippen molar-refractivity contribution in [3.05, 3.63) is 40.4 Å².